The van der Waals surface area contributed by atoms with Gasteiger partial charge >= 0.3 is 0 Å². The van der Waals surface area contributed by atoms with Gasteiger partial charge in [-0.3, -0.25) is 0 Å². The molecule has 0 radical (unpaired) electrons. The van der Waals surface area contributed by atoms with Gasteiger partial charge in [0.25, 0.3) is 0 Å². The first-order chi connectivity index (χ1) is 12.7. The molecule has 0 saturated carbocycles. The Kier molecular flexibility index (Phi) is 8.66. The quantitative estimate of drug-likeness (QED) is 0.343. The lowest BCUT2D eigenvalue weighted by atomic mass is 9.97. The van der Waals surface area contributed by atoms with Gasteiger partial charge in [-0.1, -0.05) is 67.0 Å². The van der Waals surface area contributed by atoms with E-state index in [1.165, 1.54) is 11.1 Å². The van der Waals surface area contributed by atoms with Crippen molar-refractivity contribution in [3.8, 4) is 0 Å². The Labute approximate surface area is 162 Å². The van der Waals surface area contributed by atoms with Crippen LogP contribution in [0.5, 0.6) is 0 Å². The minimum Gasteiger partial charge on any atom is -0.411 e. The van der Waals surface area contributed by atoms with Crippen LogP contribution in [0.1, 0.15) is 43.4 Å². The second-order valence-electron chi connectivity index (χ2n) is 6.45. The molecular weight excluding hydrogens is 344 g/mol. The van der Waals surface area contributed by atoms with Crippen molar-refractivity contribution in [2.24, 2.45) is 5.16 Å². The second-order valence-corrected chi connectivity index (χ2v) is 6.89. The Morgan fingerprint density at radius 3 is 2.15 bits per heavy atom. The lowest BCUT2D eigenvalue weighted by molar-refractivity contribution is 0.307. The molecule has 26 heavy (non-hydrogen) atoms. The van der Waals surface area contributed by atoms with Crippen LogP contribution in [0.15, 0.2) is 53.7 Å². The van der Waals surface area contributed by atoms with Gasteiger partial charge in [-0.2, -0.15) is 0 Å². The van der Waals surface area contributed by atoms with Gasteiger partial charge in [-0.25, -0.2) is 0 Å². The predicted molar refractivity (Wildman–Crippen MR) is 111 cm³/mol. The molecule has 0 aromatic heterocycles. The smallest absolute Gasteiger partial charge is 0.0867 e. The number of likely N-dealkylation sites (N-methyl/N-ethyl adjacent to an activating group) is 1. The van der Waals surface area contributed by atoms with E-state index >= 15 is 0 Å². The van der Waals surface area contributed by atoms with E-state index in [1.807, 2.05) is 24.3 Å². The van der Waals surface area contributed by atoms with Crippen LogP contribution >= 0.6 is 11.6 Å². The summed E-state index contributed by atoms with van der Waals surface area (Å²) in [5.74, 6) is 0. The van der Waals surface area contributed by atoms with Gasteiger partial charge in [-0.15, -0.1) is 0 Å². The highest BCUT2D eigenvalue weighted by Crippen LogP contribution is 2.16. The summed E-state index contributed by atoms with van der Waals surface area (Å²) in [6.45, 7) is 7.70. The van der Waals surface area contributed by atoms with Crippen LogP contribution in [0.3, 0.4) is 0 Å². The number of nitrogens with zero attached hydrogens (tertiary/aromatic N) is 2. The minimum absolute atomic E-state index is 0.688. The molecule has 0 atom stereocenters. The van der Waals surface area contributed by atoms with Crippen LogP contribution in [0.2, 0.25) is 5.02 Å². The van der Waals surface area contributed by atoms with Crippen molar-refractivity contribution in [1.29, 1.82) is 0 Å². The lowest BCUT2D eigenvalue weighted by Gasteiger charge is -2.19. The molecule has 0 aliphatic rings. The molecule has 0 spiro atoms. The topological polar surface area (TPSA) is 35.8 Å². The van der Waals surface area contributed by atoms with Crippen LogP contribution < -0.4 is 0 Å². The maximum atomic E-state index is 9.35. The fourth-order valence-electron chi connectivity index (χ4n) is 3.20. The summed E-state index contributed by atoms with van der Waals surface area (Å²) in [7, 11) is 0. The first-order valence-electron chi connectivity index (χ1n) is 9.43. The molecule has 2 aromatic carbocycles. The molecule has 0 saturated heterocycles. The summed E-state index contributed by atoms with van der Waals surface area (Å²) in [4.78, 5) is 2.45. The largest absolute Gasteiger partial charge is 0.411 e. The zero-order valence-corrected chi connectivity index (χ0v) is 16.5. The zero-order chi connectivity index (χ0) is 18.8. The zero-order valence-electron chi connectivity index (χ0n) is 15.8. The van der Waals surface area contributed by atoms with Gasteiger partial charge in [0, 0.05) is 11.6 Å². The SMILES string of the molecule is CCN(CC)CCc1ccccc1CCCC(=NO)c1ccc(Cl)cc1. The van der Waals surface area contributed by atoms with E-state index in [1.54, 1.807) is 0 Å². The second kappa shape index (κ2) is 11.0. The van der Waals surface area contributed by atoms with Gasteiger partial charge in [0.1, 0.15) is 0 Å². The summed E-state index contributed by atoms with van der Waals surface area (Å²) in [5.41, 5.74) is 4.45. The average molecular weight is 373 g/mol. The molecular formula is C22H29ClN2O. The van der Waals surface area contributed by atoms with Crippen LogP contribution in [0.4, 0.5) is 0 Å². The Morgan fingerprint density at radius 2 is 1.58 bits per heavy atom. The Bertz CT molecular complexity index is 694. The molecule has 0 bridgehead atoms. The molecule has 140 valence electrons. The van der Waals surface area contributed by atoms with Crippen LogP contribution in [-0.4, -0.2) is 35.5 Å². The summed E-state index contributed by atoms with van der Waals surface area (Å²) in [6.07, 6.45) is 3.75. The molecule has 0 amide bonds. The standard InChI is InChI=1S/C22H29ClN2O/c1-3-25(4-2)17-16-19-9-6-5-8-18(19)10-7-11-22(24-26)20-12-14-21(23)15-13-20/h5-6,8-9,12-15,26H,3-4,7,10-11,16-17H2,1-2H3. The van der Waals surface area contributed by atoms with Crippen LogP contribution in [-0.2, 0) is 12.8 Å². The summed E-state index contributed by atoms with van der Waals surface area (Å²) < 4.78 is 0. The first-order valence-corrected chi connectivity index (χ1v) is 9.81. The Hall–Kier alpha value is -1.84. The number of rotatable bonds is 10. The summed E-state index contributed by atoms with van der Waals surface area (Å²) in [5, 5.41) is 13.5. The van der Waals surface area contributed by atoms with Crippen LogP contribution in [0.25, 0.3) is 0 Å². The van der Waals surface area contributed by atoms with Crippen molar-refractivity contribution < 1.29 is 5.21 Å². The van der Waals surface area contributed by atoms with E-state index in [9.17, 15) is 5.21 Å². The molecule has 4 heteroatoms. The fraction of sp³-hybridized carbons (Fsp3) is 0.409. The number of benzene rings is 2. The van der Waals surface area contributed by atoms with Gasteiger partial charge in [0.15, 0.2) is 0 Å². The monoisotopic (exact) mass is 372 g/mol. The number of hydrogen-bond donors (Lipinski definition) is 1. The number of hydrogen-bond acceptors (Lipinski definition) is 3. The van der Waals surface area contributed by atoms with Gasteiger partial charge in [0.2, 0.25) is 0 Å². The van der Waals surface area contributed by atoms with Crippen LogP contribution in [0, 0.1) is 0 Å². The third-order valence-corrected chi connectivity index (χ3v) is 5.12. The van der Waals surface area contributed by atoms with Crippen molar-refractivity contribution >= 4 is 17.3 Å². The van der Waals surface area contributed by atoms with E-state index in [-0.39, 0.29) is 0 Å². The summed E-state index contributed by atoms with van der Waals surface area (Å²) >= 11 is 5.93. The first kappa shape index (κ1) is 20.5. The van der Waals surface area contributed by atoms with Crippen molar-refractivity contribution in [2.45, 2.75) is 39.5 Å². The highest BCUT2D eigenvalue weighted by Gasteiger charge is 2.08. The predicted octanol–water partition coefficient (Wildman–Crippen LogP) is 5.43. The van der Waals surface area contributed by atoms with Gasteiger partial charge in [-0.05, 0) is 67.6 Å². The normalized spacial score (nSPS) is 11.9. The molecule has 0 aliphatic carbocycles. The van der Waals surface area contributed by atoms with E-state index in [4.69, 9.17) is 11.6 Å². The molecule has 3 nitrogen and oxygen atoms in total. The summed E-state index contributed by atoms with van der Waals surface area (Å²) in [6, 6.07) is 16.1. The third kappa shape index (κ3) is 6.15. The molecule has 1 N–H and O–H groups in total. The van der Waals surface area contributed by atoms with E-state index < -0.39 is 0 Å². The molecule has 2 rings (SSSR count). The van der Waals surface area contributed by atoms with Gasteiger partial charge < -0.3 is 10.1 Å². The van der Waals surface area contributed by atoms with Crippen molar-refractivity contribution in [1.82, 2.24) is 4.90 Å². The maximum Gasteiger partial charge on any atom is 0.0867 e. The average Bonchev–Trinajstić information content (AvgIpc) is 2.68. The number of aryl methyl sites for hydroxylation is 1. The number of halogens is 1. The molecule has 2 aromatic rings. The molecule has 0 aliphatic heterocycles. The van der Waals surface area contributed by atoms with E-state index in [0.29, 0.717) is 10.7 Å². The van der Waals surface area contributed by atoms with E-state index in [2.05, 4.69) is 48.2 Å². The maximum absolute atomic E-state index is 9.35. The van der Waals surface area contributed by atoms with Gasteiger partial charge in [0.05, 0.1) is 5.71 Å². The van der Waals surface area contributed by atoms with E-state index in [0.717, 1.165) is 50.9 Å². The molecule has 0 fully saturated rings. The van der Waals surface area contributed by atoms with Crippen molar-refractivity contribution in [3.05, 3.63) is 70.2 Å². The third-order valence-electron chi connectivity index (χ3n) is 4.87. The fourth-order valence-corrected chi connectivity index (χ4v) is 3.33. The number of oxime groups is 1. The highest BCUT2D eigenvalue weighted by atomic mass is 35.5. The van der Waals surface area contributed by atoms with Crippen molar-refractivity contribution in [2.75, 3.05) is 19.6 Å². The Balaban J connectivity index is 1.93. The Morgan fingerprint density at radius 1 is 0.962 bits per heavy atom. The van der Waals surface area contributed by atoms with Crippen molar-refractivity contribution in [3.63, 3.8) is 0 Å². The molecule has 0 unspecified atom stereocenters. The lowest BCUT2D eigenvalue weighted by Crippen LogP contribution is -2.25. The minimum atomic E-state index is 0.688. The highest BCUT2D eigenvalue weighted by molar-refractivity contribution is 6.30. The molecule has 0 heterocycles.